The number of benzene rings is 2. The molecule has 7 heteroatoms. The summed E-state index contributed by atoms with van der Waals surface area (Å²) in [5, 5.41) is 15.1. The van der Waals surface area contributed by atoms with Gasteiger partial charge in [-0.15, -0.1) is 0 Å². The Bertz CT molecular complexity index is 883. The van der Waals surface area contributed by atoms with Crippen LogP contribution in [0.5, 0.6) is 11.5 Å². The van der Waals surface area contributed by atoms with Crippen molar-refractivity contribution in [3.8, 4) is 11.5 Å². The van der Waals surface area contributed by atoms with E-state index in [0.29, 0.717) is 30.1 Å². The molecule has 0 radical (unpaired) electrons. The quantitative estimate of drug-likeness (QED) is 0.641. The molecule has 1 aliphatic heterocycles. The predicted molar refractivity (Wildman–Crippen MR) is 117 cm³/mol. The average Bonchev–Trinajstić information content (AvgIpc) is 2.73. The zero-order chi connectivity index (χ0) is 21.5. The van der Waals surface area contributed by atoms with Crippen molar-refractivity contribution in [1.82, 2.24) is 5.32 Å². The summed E-state index contributed by atoms with van der Waals surface area (Å²) in [6, 6.07) is 12.1. The smallest absolute Gasteiger partial charge is 0.319 e. The van der Waals surface area contributed by atoms with Gasteiger partial charge in [0, 0.05) is 24.7 Å². The van der Waals surface area contributed by atoms with Crippen LogP contribution in [-0.4, -0.2) is 36.7 Å². The number of amides is 3. The van der Waals surface area contributed by atoms with Crippen molar-refractivity contribution < 1.29 is 19.4 Å². The number of rotatable bonds is 7. The Morgan fingerprint density at radius 2 is 1.97 bits per heavy atom. The van der Waals surface area contributed by atoms with Gasteiger partial charge in [0.2, 0.25) is 5.91 Å². The number of piperidine rings is 1. The minimum absolute atomic E-state index is 0.0276. The molecule has 1 fully saturated rings. The number of aromatic hydroxyl groups is 1. The first kappa shape index (κ1) is 21.5. The van der Waals surface area contributed by atoms with Crippen molar-refractivity contribution in [1.29, 1.82) is 0 Å². The van der Waals surface area contributed by atoms with Crippen LogP contribution in [-0.2, 0) is 11.2 Å². The highest BCUT2D eigenvalue weighted by atomic mass is 16.5. The van der Waals surface area contributed by atoms with Crippen LogP contribution in [0.4, 0.5) is 16.2 Å². The number of hydrogen-bond donors (Lipinski definition) is 3. The number of ether oxygens (including phenoxy) is 1. The van der Waals surface area contributed by atoms with E-state index in [-0.39, 0.29) is 23.7 Å². The maximum atomic E-state index is 12.4. The Morgan fingerprint density at radius 3 is 2.67 bits per heavy atom. The number of phenols is 1. The summed E-state index contributed by atoms with van der Waals surface area (Å²) in [5.74, 6) is 0.928. The van der Waals surface area contributed by atoms with Crippen LogP contribution in [0.1, 0.15) is 38.2 Å². The third-order valence-electron chi connectivity index (χ3n) is 5.23. The van der Waals surface area contributed by atoms with Gasteiger partial charge in [0.25, 0.3) is 0 Å². The Hall–Kier alpha value is -3.22. The van der Waals surface area contributed by atoms with E-state index in [1.165, 1.54) is 0 Å². The lowest BCUT2D eigenvalue weighted by molar-refractivity contribution is -0.119. The maximum Gasteiger partial charge on any atom is 0.319 e. The fourth-order valence-electron chi connectivity index (χ4n) is 3.55. The van der Waals surface area contributed by atoms with E-state index in [9.17, 15) is 14.7 Å². The molecule has 0 aliphatic carbocycles. The fourth-order valence-corrected chi connectivity index (χ4v) is 3.55. The highest BCUT2D eigenvalue weighted by Gasteiger charge is 2.23. The topological polar surface area (TPSA) is 90.9 Å². The monoisotopic (exact) mass is 411 g/mol. The Labute approximate surface area is 177 Å². The average molecular weight is 412 g/mol. The number of nitrogens with one attached hydrogen (secondary N) is 2. The zero-order valence-corrected chi connectivity index (χ0v) is 17.5. The van der Waals surface area contributed by atoms with Crippen LogP contribution in [0.2, 0.25) is 0 Å². The van der Waals surface area contributed by atoms with Gasteiger partial charge in [-0.05, 0) is 68.5 Å². The molecule has 0 bridgehead atoms. The molecule has 0 saturated carbocycles. The van der Waals surface area contributed by atoms with E-state index in [4.69, 9.17) is 4.74 Å². The van der Waals surface area contributed by atoms with Crippen LogP contribution in [0.15, 0.2) is 42.5 Å². The number of carbonyl (C=O) groups excluding carboxylic acids is 2. The maximum absolute atomic E-state index is 12.4. The molecule has 1 atom stereocenters. The lowest BCUT2D eigenvalue weighted by Crippen LogP contribution is -2.37. The van der Waals surface area contributed by atoms with Crippen molar-refractivity contribution in [3.63, 3.8) is 0 Å². The summed E-state index contributed by atoms with van der Waals surface area (Å²) in [7, 11) is 1.57. The molecule has 2 aromatic rings. The Balaban J connectivity index is 1.58. The summed E-state index contributed by atoms with van der Waals surface area (Å²) in [4.78, 5) is 26.5. The van der Waals surface area contributed by atoms with Crippen molar-refractivity contribution >= 4 is 23.3 Å². The van der Waals surface area contributed by atoms with E-state index < -0.39 is 0 Å². The number of aryl methyl sites for hydroxylation is 1. The van der Waals surface area contributed by atoms with Crippen LogP contribution in [0.25, 0.3) is 0 Å². The predicted octanol–water partition coefficient (Wildman–Crippen LogP) is 4.06. The second-order valence-electron chi connectivity index (χ2n) is 7.59. The standard InChI is InChI=1S/C23H29N3O4/c1-16(6-7-17-8-11-19(27)12-9-17)24-23(29)25-18-10-13-21(30-2)20(15-18)26-14-4-3-5-22(26)28/h8-13,15-16,27H,3-7,14H2,1-2H3,(H2,24,25,29). The zero-order valence-electron chi connectivity index (χ0n) is 17.5. The van der Waals surface area contributed by atoms with Gasteiger partial charge in [-0.3, -0.25) is 4.79 Å². The molecular formula is C23H29N3O4. The van der Waals surface area contributed by atoms with Gasteiger partial charge in [-0.25, -0.2) is 4.79 Å². The molecule has 3 N–H and O–H groups in total. The second-order valence-corrected chi connectivity index (χ2v) is 7.59. The first-order valence-corrected chi connectivity index (χ1v) is 10.3. The molecular weight excluding hydrogens is 382 g/mol. The number of anilines is 2. The second kappa shape index (κ2) is 10.0. The van der Waals surface area contributed by atoms with Crippen LogP contribution < -0.4 is 20.3 Å². The van der Waals surface area contributed by atoms with Gasteiger partial charge >= 0.3 is 6.03 Å². The van der Waals surface area contributed by atoms with Gasteiger partial charge in [0.1, 0.15) is 11.5 Å². The first-order chi connectivity index (χ1) is 14.5. The lowest BCUT2D eigenvalue weighted by atomic mass is 10.1. The summed E-state index contributed by atoms with van der Waals surface area (Å²) in [5.41, 5.74) is 2.39. The molecule has 1 saturated heterocycles. The largest absolute Gasteiger partial charge is 0.508 e. The van der Waals surface area contributed by atoms with E-state index >= 15 is 0 Å². The van der Waals surface area contributed by atoms with E-state index in [1.54, 1.807) is 42.3 Å². The number of nitrogens with zero attached hydrogens (tertiary/aromatic N) is 1. The van der Waals surface area contributed by atoms with Crippen LogP contribution in [0, 0.1) is 0 Å². The molecule has 0 aromatic heterocycles. The van der Waals surface area contributed by atoms with Crippen LogP contribution >= 0.6 is 0 Å². The Morgan fingerprint density at radius 1 is 1.20 bits per heavy atom. The van der Waals surface area contributed by atoms with Crippen molar-refractivity contribution in [2.45, 2.75) is 45.1 Å². The van der Waals surface area contributed by atoms with Crippen molar-refractivity contribution in [3.05, 3.63) is 48.0 Å². The molecule has 1 aliphatic rings. The van der Waals surface area contributed by atoms with Gasteiger partial charge in [-0.1, -0.05) is 12.1 Å². The van der Waals surface area contributed by atoms with Crippen molar-refractivity contribution in [2.24, 2.45) is 0 Å². The lowest BCUT2D eigenvalue weighted by Gasteiger charge is -2.28. The molecule has 2 aromatic carbocycles. The number of methoxy groups -OCH3 is 1. The summed E-state index contributed by atoms with van der Waals surface area (Å²) < 4.78 is 5.41. The summed E-state index contributed by atoms with van der Waals surface area (Å²) in [6.45, 7) is 2.60. The minimum atomic E-state index is -0.297. The Kier molecular flexibility index (Phi) is 7.17. The SMILES string of the molecule is COc1ccc(NC(=O)NC(C)CCc2ccc(O)cc2)cc1N1CCCCC1=O. The normalized spacial score (nSPS) is 14.9. The summed E-state index contributed by atoms with van der Waals surface area (Å²) >= 11 is 0. The minimum Gasteiger partial charge on any atom is -0.508 e. The molecule has 3 rings (SSSR count). The highest BCUT2D eigenvalue weighted by molar-refractivity contribution is 5.97. The van der Waals surface area contributed by atoms with E-state index in [2.05, 4.69) is 10.6 Å². The van der Waals surface area contributed by atoms with Gasteiger partial charge < -0.3 is 25.4 Å². The molecule has 30 heavy (non-hydrogen) atoms. The van der Waals surface area contributed by atoms with Crippen LogP contribution in [0.3, 0.4) is 0 Å². The van der Waals surface area contributed by atoms with Gasteiger partial charge in [0.05, 0.1) is 12.8 Å². The summed E-state index contributed by atoms with van der Waals surface area (Å²) in [6.07, 6.45) is 3.95. The number of carbonyl (C=O) groups is 2. The van der Waals surface area contributed by atoms with Gasteiger partial charge in [-0.2, -0.15) is 0 Å². The van der Waals surface area contributed by atoms with E-state index in [0.717, 1.165) is 31.2 Å². The highest BCUT2D eigenvalue weighted by Crippen LogP contribution is 2.33. The first-order valence-electron chi connectivity index (χ1n) is 10.3. The molecule has 3 amide bonds. The molecule has 0 spiro atoms. The molecule has 160 valence electrons. The number of urea groups is 1. The number of hydrogen-bond acceptors (Lipinski definition) is 4. The number of phenolic OH excluding ortho intramolecular Hbond substituents is 1. The third kappa shape index (κ3) is 5.65. The van der Waals surface area contributed by atoms with Crippen molar-refractivity contribution in [2.75, 3.05) is 23.9 Å². The molecule has 1 unspecified atom stereocenters. The third-order valence-corrected chi connectivity index (χ3v) is 5.23. The molecule has 7 nitrogen and oxygen atoms in total. The van der Waals surface area contributed by atoms with Gasteiger partial charge in [0.15, 0.2) is 0 Å². The molecule has 1 heterocycles. The fraction of sp³-hybridized carbons (Fsp3) is 0.391. The van der Waals surface area contributed by atoms with E-state index in [1.807, 2.05) is 19.1 Å².